The molecule has 5 nitrogen and oxygen atoms in total. The van der Waals surface area contributed by atoms with E-state index in [1.165, 1.54) is 6.08 Å². The van der Waals surface area contributed by atoms with Crippen molar-refractivity contribution in [3.05, 3.63) is 66.3 Å². The predicted octanol–water partition coefficient (Wildman–Crippen LogP) is 3.62. The van der Waals surface area contributed by atoms with E-state index in [2.05, 4.69) is 11.6 Å². The number of hydrogen-bond acceptors (Lipinski definition) is 4. The lowest BCUT2D eigenvalue weighted by molar-refractivity contribution is -0.152. The summed E-state index contributed by atoms with van der Waals surface area (Å²) in [6, 6.07) is 7.79. The zero-order valence-corrected chi connectivity index (χ0v) is 14.0. The molecular formula is C18H17F3N2O3. The minimum absolute atomic E-state index is 0.122. The minimum Gasteiger partial charge on any atom is -0.445 e. The monoisotopic (exact) mass is 366 g/mol. The second kappa shape index (κ2) is 6.60. The van der Waals surface area contributed by atoms with Gasteiger partial charge in [0, 0.05) is 0 Å². The van der Waals surface area contributed by atoms with E-state index >= 15 is 0 Å². The second-order valence-electron chi connectivity index (χ2n) is 6.07. The van der Waals surface area contributed by atoms with Crippen molar-refractivity contribution in [3.8, 4) is 0 Å². The molecule has 0 N–H and O–H groups in total. The van der Waals surface area contributed by atoms with Crippen LogP contribution >= 0.6 is 0 Å². The standard InChI is InChI=1S/C18H17F3N2O3/c1-3-17(10-25-11-17)26-15(24)14-9-22-16(18(19,20)21)23(14)12(2)13-7-5-4-6-8-13/h3-9,12H,1,10-11H2,2H3/t12-/m1/s1. The van der Waals surface area contributed by atoms with Crippen LogP contribution in [0.4, 0.5) is 13.2 Å². The van der Waals surface area contributed by atoms with Gasteiger partial charge in [0.1, 0.15) is 5.69 Å². The molecular weight excluding hydrogens is 349 g/mol. The number of rotatable bonds is 5. The van der Waals surface area contributed by atoms with E-state index in [-0.39, 0.29) is 18.9 Å². The van der Waals surface area contributed by atoms with Crippen molar-refractivity contribution in [1.29, 1.82) is 0 Å². The van der Waals surface area contributed by atoms with Crippen LogP contribution in [0.25, 0.3) is 0 Å². The fourth-order valence-corrected chi connectivity index (χ4v) is 2.75. The van der Waals surface area contributed by atoms with E-state index in [0.29, 0.717) is 5.56 Å². The van der Waals surface area contributed by atoms with Crippen molar-refractivity contribution in [1.82, 2.24) is 9.55 Å². The van der Waals surface area contributed by atoms with Gasteiger partial charge in [0.25, 0.3) is 0 Å². The van der Waals surface area contributed by atoms with Gasteiger partial charge >= 0.3 is 12.1 Å². The number of carbonyl (C=O) groups excluding carboxylic acids is 1. The maximum Gasteiger partial charge on any atom is 0.449 e. The number of benzene rings is 1. The highest BCUT2D eigenvalue weighted by Gasteiger charge is 2.43. The Morgan fingerprint density at radius 2 is 2.04 bits per heavy atom. The third kappa shape index (κ3) is 3.24. The van der Waals surface area contributed by atoms with Crippen LogP contribution in [0.1, 0.15) is 34.8 Å². The van der Waals surface area contributed by atoms with E-state index in [1.807, 2.05) is 0 Å². The Morgan fingerprint density at radius 1 is 1.38 bits per heavy atom. The zero-order chi connectivity index (χ0) is 18.9. The van der Waals surface area contributed by atoms with Gasteiger partial charge in [0.15, 0.2) is 5.60 Å². The molecule has 0 amide bonds. The maximum absolute atomic E-state index is 13.4. The van der Waals surface area contributed by atoms with Crippen molar-refractivity contribution in [3.63, 3.8) is 0 Å². The van der Waals surface area contributed by atoms with Crippen molar-refractivity contribution in [2.75, 3.05) is 13.2 Å². The van der Waals surface area contributed by atoms with Gasteiger partial charge in [-0.05, 0) is 18.6 Å². The molecule has 0 aliphatic carbocycles. The number of ether oxygens (including phenoxy) is 2. The first-order valence-electron chi connectivity index (χ1n) is 7.91. The molecule has 1 aliphatic rings. The van der Waals surface area contributed by atoms with E-state index in [9.17, 15) is 18.0 Å². The van der Waals surface area contributed by atoms with Gasteiger partial charge in [-0.1, -0.05) is 36.9 Å². The lowest BCUT2D eigenvalue weighted by Gasteiger charge is -2.37. The molecule has 0 radical (unpaired) electrons. The average Bonchev–Trinajstić information content (AvgIpc) is 3.03. The number of nitrogens with zero attached hydrogens (tertiary/aromatic N) is 2. The highest BCUT2D eigenvalue weighted by molar-refractivity contribution is 5.88. The number of hydrogen-bond donors (Lipinski definition) is 0. The maximum atomic E-state index is 13.4. The molecule has 8 heteroatoms. The van der Waals surface area contributed by atoms with Crippen LogP contribution in [-0.4, -0.2) is 34.3 Å². The Labute approximate surface area is 148 Å². The number of aromatic nitrogens is 2. The highest BCUT2D eigenvalue weighted by atomic mass is 19.4. The second-order valence-corrected chi connectivity index (χ2v) is 6.07. The molecule has 1 saturated heterocycles. The van der Waals surface area contributed by atoms with E-state index in [4.69, 9.17) is 9.47 Å². The van der Waals surface area contributed by atoms with Crippen LogP contribution in [-0.2, 0) is 15.7 Å². The molecule has 0 bridgehead atoms. The number of alkyl halides is 3. The van der Waals surface area contributed by atoms with Crippen LogP contribution < -0.4 is 0 Å². The molecule has 2 heterocycles. The fourth-order valence-electron chi connectivity index (χ4n) is 2.75. The topological polar surface area (TPSA) is 53.3 Å². The van der Waals surface area contributed by atoms with Crippen LogP contribution in [0.15, 0.2) is 49.2 Å². The molecule has 138 valence electrons. The molecule has 1 aromatic carbocycles. The van der Waals surface area contributed by atoms with Crippen molar-refractivity contribution >= 4 is 5.97 Å². The highest BCUT2D eigenvalue weighted by Crippen LogP contribution is 2.34. The summed E-state index contributed by atoms with van der Waals surface area (Å²) in [5, 5.41) is 0. The summed E-state index contributed by atoms with van der Waals surface area (Å²) in [5.41, 5.74) is -0.683. The molecule has 1 fully saturated rings. The van der Waals surface area contributed by atoms with Gasteiger partial charge in [-0.2, -0.15) is 13.2 Å². The van der Waals surface area contributed by atoms with E-state index in [1.54, 1.807) is 37.3 Å². The van der Waals surface area contributed by atoms with Crippen LogP contribution in [0.5, 0.6) is 0 Å². The number of imidazole rings is 1. The van der Waals surface area contributed by atoms with Gasteiger partial charge in [-0.3, -0.25) is 0 Å². The predicted molar refractivity (Wildman–Crippen MR) is 86.6 cm³/mol. The SMILES string of the molecule is C=CC1(OC(=O)c2cnc(C(F)(F)F)n2[C@H](C)c2ccccc2)COC1. The first-order chi connectivity index (χ1) is 12.3. The molecule has 1 atom stereocenters. The molecule has 26 heavy (non-hydrogen) atoms. The number of esters is 1. The van der Waals surface area contributed by atoms with E-state index < -0.39 is 29.6 Å². The summed E-state index contributed by atoms with van der Waals surface area (Å²) in [4.78, 5) is 16.0. The minimum atomic E-state index is -4.71. The Balaban J connectivity index is 2.02. The largest absolute Gasteiger partial charge is 0.449 e. The average molecular weight is 366 g/mol. The summed E-state index contributed by atoms with van der Waals surface area (Å²) >= 11 is 0. The lowest BCUT2D eigenvalue weighted by Crippen LogP contribution is -2.51. The normalized spacial score (nSPS) is 17.2. The molecule has 3 rings (SSSR count). The fraction of sp³-hybridized carbons (Fsp3) is 0.333. The smallest absolute Gasteiger partial charge is 0.445 e. The van der Waals surface area contributed by atoms with Crippen molar-refractivity contribution in [2.45, 2.75) is 24.7 Å². The molecule has 1 aromatic heterocycles. The molecule has 0 unspecified atom stereocenters. The molecule has 2 aromatic rings. The summed E-state index contributed by atoms with van der Waals surface area (Å²) in [6.45, 7) is 5.40. The van der Waals surface area contributed by atoms with Gasteiger partial charge < -0.3 is 14.0 Å². The Bertz CT molecular complexity index is 811. The van der Waals surface area contributed by atoms with Gasteiger partial charge in [-0.15, -0.1) is 0 Å². The summed E-state index contributed by atoms with van der Waals surface area (Å²) < 4.78 is 51.5. The van der Waals surface area contributed by atoms with Gasteiger partial charge in [0.2, 0.25) is 5.82 Å². The first-order valence-corrected chi connectivity index (χ1v) is 7.91. The van der Waals surface area contributed by atoms with Crippen LogP contribution in [0, 0.1) is 0 Å². The van der Waals surface area contributed by atoms with E-state index in [0.717, 1.165) is 10.8 Å². The summed E-state index contributed by atoms with van der Waals surface area (Å²) in [7, 11) is 0. The quantitative estimate of drug-likeness (QED) is 0.599. The van der Waals surface area contributed by atoms with Crippen LogP contribution in [0.2, 0.25) is 0 Å². The first kappa shape index (κ1) is 18.2. The lowest BCUT2D eigenvalue weighted by atomic mass is 10.0. The van der Waals surface area contributed by atoms with Gasteiger partial charge in [-0.25, -0.2) is 9.78 Å². The Hall–Kier alpha value is -2.61. The summed E-state index contributed by atoms with van der Waals surface area (Å²) in [6.07, 6.45) is -2.40. The molecule has 0 saturated carbocycles. The third-order valence-electron chi connectivity index (χ3n) is 4.29. The number of carbonyl (C=O) groups is 1. The third-order valence-corrected chi connectivity index (χ3v) is 4.29. The summed E-state index contributed by atoms with van der Waals surface area (Å²) in [5.74, 6) is -2.06. The zero-order valence-electron chi connectivity index (χ0n) is 14.0. The van der Waals surface area contributed by atoms with Crippen molar-refractivity contribution in [2.24, 2.45) is 0 Å². The molecule has 1 aliphatic heterocycles. The van der Waals surface area contributed by atoms with Crippen molar-refractivity contribution < 1.29 is 27.4 Å². The molecule has 0 spiro atoms. The van der Waals surface area contributed by atoms with Gasteiger partial charge in [0.05, 0.1) is 25.5 Å². The number of halogens is 3. The van der Waals surface area contributed by atoms with Crippen LogP contribution in [0.3, 0.4) is 0 Å². The Kier molecular flexibility index (Phi) is 4.62. The Morgan fingerprint density at radius 3 is 2.54 bits per heavy atom.